The molecule has 1 unspecified atom stereocenters. The van der Waals surface area contributed by atoms with Gasteiger partial charge in [0.1, 0.15) is 0 Å². The minimum atomic E-state index is -0.0770. The Bertz CT molecular complexity index is 526. The van der Waals surface area contributed by atoms with Crippen molar-refractivity contribution in [1.29, 1.82) is 0 Å². The minimum Gasteiger partial charge on any atom is -0.379 e. The fourth-order valence-electron chi connectivity index (χ4n) is 3.75. The molecule has 3 atom stereocenters. The number of benzene rings is 1. The Hall–Kier alpha value is -0.850. The summed E-state index contributed by atoms with van der Waals surface area (Å²) in [4.78, 5) is 17.1. The number of carbonyl (C=O) groups excluding carboxylic acids is 1. The van der Waals surface area contributed by atoms with Crippen molar-refractivity contribution >= 4 is 30.7 Å². The van der Waals surface area contributed by atoms with Crippen LogP contribution in [0.5, 0.6) is 0 Å². The zero-order valence-corrected chi connectivity index (χ0v) is 16.3. The van der Waals surface area contributed by atoms with Gasteiger partial charge in [0.2, 0.25) is 5.91 Å². The number of carbonyl (C=O) groups is 1. The molecule has 1 aromatic rings. The highest BCUT2D eigenvalue weighted by atomic mass is 35.5. The first-order valence-corrected chi connectivity index (χ1v) is 8.56. The van der Waals surface area contributed by atoms with E-state index in [0.717, 1.165) is 39.4 Å². The van der Waals surface area contributed by atoms with E-state index in [1.807, 2.05) is 17.9 Å². The van der Waals surface area contributed by atoms with Crippen LogP contribution in [0.15, 0.2) is 30.3 Å². The number of morpholine rings is 1. The lowest BCUT2D eigenvalue weighted by Crippen LogP contribution is -2.50. The zero-order chi connectivity index (χ0) is 16.2. The second kappa shape index (κ2) is 10.3. The Balaban J connectivity index is 0.00000156. The van der Waals surface area contributed by atoms with E-state index in [4.69, 9.17) is 10.5 Å². The number of nitrogens with zero attached hydrogens (tertiary/aromatic N) is 2. The van der Waals surface area contributed by atoms with E-state index in [0.29, 0.717) is 18.4 Å². The maximum Gasteiger partial charge on any atom is 0.239 e. The summed E-state index contributed by atoms with van der Waals surface area (Å²) in [6.07, 6.45) is 0. The average Bonchev–Trinajstić information content (AvgIpc) is 3.06. The fraction of sp³-hybridized carbons (Fsp3) is 0.611. The maximum absolute atomic E-state index is 12.9. The van der Waals surface area contributed by atoms with E-state index < -0.39 is 0 Å². The monoisotopic (exact) mass is 389 g/mol. The van der Waals surface area contributed by atoms with Crippen LogP contribution in [0.25, 0.3) is 0 Å². The van der Waals surface area contributed by atoms with Crippen molar-refractivity contribution in [3.8, 4) is 0 Å². The van der Waals surface area contributed by atoms with Gasteiger partial charge in [-0.05, 0) is 24.9 Å². The predicted molar refractivity (Wildman–Crippen MR) is 105 cm³/mol. The third kappa shape index (κ3) is 5.08. The highest BCUT2D eigenvalue weighted by Crippen LogP contribution is 2.32. The molecule has 0 bridgehead atoms. The quantitative estimate of drug-likeness (QED) is 0.851. The highest BCUT2D eigenvalue weighted by molar-refractivity contribution is 5.85. The van der Waals surface area contributed by atoms with Crippen molar-refractivity contribution in [1.82, 2.24) is 9.80 Å². The molecule has 3 rings (SSSR count). The Kier molecular flexibility index (Phi) is 9.17. The summed E-state index contributed by atoms with van der Waals surface area (Å²) in [6, 6.07) is 10.4. The van der Waals surface area contributed by atoms with Crippen molar-refractivity contribution in [3.63, 3.8) is 0 Å². The van der Waals surface area contributed by atoms with Gasteiger partial charge in [-0.3, -0.25) is 9.69 Å². The van der Waals surface area contributed by atoms with Crippen LogP contribution in [0.1, 0.15) is 18.4 Å². The molecule has 7 heteroatoms. The second-order valence-corrected chi connectivity index (χ2v) is 6.58. The van der Waals surface area contributed by atoms with Gasteiger partial charge in [-0.15, -0.1) is 24.8 Å². The van der Waals surface area contributed by atoms with Gasteiger partial charge in [0.15, 0.2) is 0 Å². The second-order valence-electron chi connectivity index (χ2n) is 6.58. The third-order valence-corrected chi connectivity index (χ3v) is 5.23. The van der Waals surface area contributed by atoms with Crippen LogP contribution in [-0.4, -0.2) is 67.7 Å². The molecule has 1 aromatic carbocycles. The maximum atomic E-state index is 12.9. The number of ether oxygens (including phenoxy) is 1. The standard InChI is InChI=1S/C18H27N3O2.2ClH/c1-14(20-7-9-23-10-8-20)18(22)21-12-16(11-19)17(13-21)15-5-3-2-4-6-15;;/h2-6,14,16-17H,7-13,19H2,1H3;2*1H/t14?,16-,17+;;/m1../s1. The van der Waals surface area contributed by atoms with Gasteiger partial charge in [-0.2, -0.15) is 0 Å². The van der Waals surface area contributed by atoms with Gasteiger partial charge >= 0.3 is 0 Å². The molecule has 0 aliphatic carbocycles. The molecule has 0 aromatic heterocycles. The third-order valence-electron chi connectivity index (χ3n) is 5.23. The summed E-state index contributed by atoms with van der Waals surface area (Å²) in [6.45, 7) is 7.29. The molecule has 2 aliphatic rings. The Labute approximate surface area is 162 Å². The van der Waals surface area contributed by atoms with Crippen LogP contribution < -0.4 is 5.73 Å². The van der Waals surface area contributed by atoms with Crippen molar-refractivity contribution in [2.75, 3.05) is 45.9 Å². The molecule has 5 nitrogen and oxygen atoms in total. The average molecular weight is 390 g/mol. The van der Waals surface area contributed by atoms with Crippen molar-refractivity contribution in [2.24, 2.45) is 11.7 Å². The summed E-state index contributed by atoms with van der Waals surface area (Å²) < 4.78 is 5.38. The Morgan fingerprint density at radius 1 is 1.20 bits per heavy atom. The molecule has 142 valence electrons. The molecule has 0 radical (unpaired) electrons. The van der Waals surface area contributed by atoms with E-state index in [-0.39, 0.29) is 36.8 Å². The van der Waals surface area contributed by atoms with E-state index >= 15 is 0 Å². The molecule has 2 fully saturated rings. The molecule has 2 saturated heterocycles. The number of rotatable bonds is 4. The van der Waals surface area contributed by atoms with Crippen LogP contribution in [0.4, 0.5) is 0 Å². The van der Waals surface area contributed by atoms with Gasteiger partial charge in [0, 0.05) is 32.1 Å². The van der Waals surface area contributed by atoms with Crippen molar-refractivity contribution in [3.05, 3.63) is 35.9 Å². The SMILES string of the molecule is CC(C(=O)N1C[C@@H](CN)[C@H](c2ccccc2)C1)N1CCOCC1.Cl.Cl. The number of hydrogen-bond donors (Lipinski definition) is 1. The smallest absolute Gasteiger partial charge is 0.239 e. The first-order chi connectivity index (χ1) is 11.2. The molecule has 2 N–H and O–H groups in total. The first kappa shape index (κ1) is 22.2. The van der Waals surface area contributed by atoms with Crippen LogP contribution in [0.2, 0.25) is 0 Å². The molecule has 2 aliphatic heterocycles. The van der Waals surface area contributed by atoms with Crippen LogP contribution in [0, 0.1) is 5.92 Å². The van der Waals surface area contributed by atoms with Gasteiger partial charge in [0.25, 0.3) is 0 Å². The number of amides is 1. The van der Waals surface area contributed by atoms with E-state index in [9.17, 15) is 4.79 Å². The highest BCUT2D eigenvalue weighted by Gasteiger charge is 2.37. The number of halogens is 2. The Morgan fingerprint density at radius 2 is 1.84 bits per heavy atom. The summed E-state index contributed by atoms with van der Waals surface area (Å²) in [5.74, 6) is 0.920. The van der Waals surface area contributed by atoms with Gasteiger partial charge in [-0.1, -0.05) is 30.3 Å². The molecule has 1 amide bonds. The fourth-order valence-corrected chi connectivity index (χ4v) is 3.75. The van der Waals surface area contributed by atoms with Crippen LogP contribution >= 0.6 is 24.8 Å². The molecule has 0 saturated carbocycles. The number of likely N-dealkylation sites (tertiary alicyclic amines) is 1. The zero-order valence-electron chi connectivity index (χ0n) is 14.7. The van der Waals surface area contributed by atoms with Crippen molar-refractivity contribution < 1.29 is 9.53 Å². The lowest BCUT2D eigenvalue weighted by Gasteiger charge is -2.33. The molecular weight excluding hydrogens is 361 g/mol. The normalized spacial score (nSPS) is 25.0. The lowest BCUT2D eigenvalue weighted by molar-refractivity contribution is -0.137. The molecule has 0 spiro atoms. The summed E-state index contributed by atoms with van der Waals surface area (Å²) in [5, 5.41) is 0. The lowest BCUT2D eigenvalue weighted by atomic mass is 9.89. The molecule has 25 heavy (non-hydrogen) atoms. The predicted octanol–water partition coefficient (Wildman–Crippen LogP) is 1.75. The number of hydrogen-bond acceptors (Lipinski definition) is 4. The van der Waals surface area contributed by atoms with E-state index in [1.54, 1.807) is 0 Å². The Morgan fingerprint density at radius 3 is 2.44 bits per heavy atom. The molecule has 2 heterocycles. The largest absolute Gasteiger partial charge is 0.379 e. The van der Waals surface area contributed by atoms with Crippen LogP contribution in [0.3, 0.4) is 0 Å². The first-order valence-electron chi connectivity index (χ1n) is 8.56. The summed E-state index contributed by atoms with van der Waals surface area (Å²) >= 11 is 0. The van der Waals surface area contributed by atoms with E-state index in [2.05, 4.69) is 29.2 Å². The van der Waals surface area contributed by atoms with Gasteiger partial charge < -0.3 is 15.4 Å². The van der Waals surface area contributed by atoms with Gasteiger partial charge in [-0.25, -0.2) is 0 Å². The van der Waals surface area contributed by atoms with Gasteiger partial charge in [0.05, 0.1) is 19.3 Å². The number of nitrogens with two attached hydrogens (primary N) is 1. The van der Waals surface area contributed by atoms with E-state index in [1.165, 1.54) is 5.56 Å². The van der Waals surface area contributed by atoms with Crippen LogP contribution in [-0.2, 0) is 9.53 Å². The molecular formula is C18H29Cl2N3O2. The topological polar surface area (TPSA) is 58.8 Å². The summed E-state index contributed by atoms with van der Waals surface area (Å²) in [7, 11) is 0. The minimum absolute atomic E-state index is 0. The summed E-state index contributed by atoms with van der Waals surface area (Å²) in [5.41, 5.74) is 7.27. The van der Waals surface area contributed by atoms with Crippen molar-refractivity contribution in [2.45, 2.75) is 18.9 Å².